The standard InChI is InChI=1S/C14H18N4OS/c1-7-3-4-9-10(5-7)20-14-11(9)13(16-6-17-14)18-8(2)12(15)19/h6-8H,3-5H2,1-2H3,(H2,15,19)(H,16,17,18)/t7-,8+/m1/s1. The Hall–Kier alpha value is -1.69. The monoisotopic (exact) mass is 290 g/mol. The molecule has 1 aliphatic rings. The molecule has 0 unspecified atom stereocenters. The number of nitrogens with zero attached hydrogens (tertiary/aromatic N) is 2. The van der Waals surface area contributed by atoms with Crippen LogP contribution in [0.4, 0.5) is 5.82 Å². The van der Waals surface area contributed by atoms with Gasteiger partial charge in [-0.25, -0.2) is 9.97 Å². The Balaban J connectivity index is 2.07. The van der Waals surface area contributed by atoms with Gasteiger partial charge in [-0.15, -0.1) is 11.3 Å². The maximum absolute atomic E-state index is 11.2. The second-order valence-electron chi connectivity index (χ2n) is 5.52. The Bertz CT molecular complexity index is 666. The molecule has 0 bridgehead atoms. The third kappa shape index (κ3) is 2.24. The number of aromatic nitrogens is 2. The summed E-state index contributed by atoms with van der Waals surface area (Å²) in [7, 11) is 0. The van der Waals surface area contributed by atoms with E-state index in [0.29, 0.717) is 0 Å². The average molecular weight is 290 g/mol. The molecule has 106 valence electrons. The fraction of sp³-hybridized carbons (Fsp3) is 0.500. The van der Waals surface area contributed by atoms with E-state index in [0.717, 1.165) is 34.8 Å². The summed E-state index contributed by atoms with van der Waals surface area (Å²) in [6.07, 6.45) is 4.91. The van der Waals surface area contributed by atoms with Crippen LogP contribution in [0.2, 0.25) is 0 Å². The zero-order valence-corrected chi connectivity index (χ0v) is 12.5. The van der Waals surface area contributed by atoms with E-state index in [1.165, 1.54) is 16.9 Å². The number of nitrogens with two attached hydrogens (primary N) is 1. The number of nitrogens with one attached hydrogen (secondary N) is 1. The highest BCUT2D eigenvalue weighted by molar-refractivity contribution is 7.19. The molecule has 2 atom stereocenters. The van der Waals surface area contributed by atoms with Crippen molar-refractivity contribution in [3.05, 3.63) is 16.8 Å². The largest absolute Gasteiger partial charge is 0.368 e. The van der Waals surface area contributed by atoms with Gasteiger partial charge in [0.05, 0.1) is 5.39 Å². The van der Waals surface area contributed by atoms with Crippen LogP contribution in [0.15, 0.2) is 6.33 Å². The molecule has 0 fully saturated rings. The number of primary amides is 1. The average Bonchev–Trinajstić information content (AvgIpc) is 2.76. The lowest BCUT2D eigenvalue weighted by molar-refractivity contribution is -0.118. The van der Waals surface area contributed by atoms with E-state index in [1.54, 1.807) is 24.6 Å². The van der Waals surface area contributed by atoms with Gasteiger partial charge in [-0.1, -0.05) is 6.92 Å². The molecular weight excluding hydrogens is 272 g/mol. The molecule has 0 saturated heterocycles. The first-order valence-electron chi connectivity index (χ1n) is 6.87. The molecule has 0 saturated carbocycles. The molecule has 6 heteroatoms. The second kappa shape index (κ2) is 5.01. The van der Waals surface area contributed by atoms with E-state index in [-0.39, 0.29) is 5.91 Å². The SMILES string of the molecule is C[C@@H]1CCc2c(sc3ncnc(N[C@@H](C)C(N)=O)c23)C1. The number of hydrogen-bond donors (Lipinski definition) is 2. The van der Waals surface area contributed by atoms with Gasteiger partial charge in [0.25, 0.3) is 0 Å². The van der Waals surface area contributed by atoms with E-state index in [9.17, 15) is 4.79 Å². The number of rotatable bonds is 3. The number of fused-ring (bicyclic) bond motifs is 3. The smallest absolute Gasteiger partial charge is 0.239 e. The van der Waals surface area contributed by atoms with Crippen molar-refractivity contribution in [3.8, 4) is 0 Å². The predicted molar refractivity (Wildman–Crippen MR) is 80.9 cm³/mol. The van der Waals surface area contributed by atoms with Crippen LogP contribution in [0.25, 0.3) is 10.2 Å². The highest BCUT2D eigenvalue weighted by Crippen LogP contribution is 2.39. The van der Waals surface area contributed by atoms with Gasteiger partial charge < -0.3 is 11.1 Å². The Morgan fingerprint density at radius 1 is 1.55 bits per heavy atom. The number of carbonyl (C=O) groups excluding carboxylic acids is 1. The highest BCUT2D eigenvalue weighted by Gasteiger charge is 2.23. The highest BCUT2D eigenvalue weighted by atomic mass is 32.1. The minimum atomic E-state index is -0.439. The molecule has 5 nitrogen and oxygen atoms in total. The van der Waals surface area contributed by atoms with E-state index in [2.05, 4.69) is 22.2 Å². The maximum Gasteiger partial charge on any atom is 0.239 e. The number of anilines is 1. The summed E-state index contributed by atoms with van der Waals surface area (Å²) in [6.45, 7) is 4.03. The number of hydrogen-bond acceptors (Lipinski definition) is 5. The quantitative estimate of drug-likeness (QED) is 0.907. The Morgan fingerprint density at radius 3 is 3.10 bits per heavy atom. The lowest BCUT2D eigenvalue weighted by Gasteiger charge is -2.18. The fourth-order valence-corrected chi connectivity index (χ4v) is 4.01. The van der Waals surface area contributed by atoms with Gasteiger partial charge in [0.15, 0.2) is 0 Å². The maximum atomic E-state index is 11.2. The fourth-order valence-electron chi connectivity index (χ4n) is 2.66. The van der Waals surface area contributed by atoms with Gasteiger partial charge in [-0.2, -0.15) is 0 Å². The lowest BCUT2D eigenvalue weighted by atomic mass is 9.89. The predicted octanol–water partition coefficient (Wildman–Crippen LogP) is 2.10. The van der Waals surface area contributed by atoms with Crippen LogP contribution >= 0.6 is 11.3 Å². The van der Waals surface area contributed by atoms with Crippen molar-refractivity contribution in [1.82, 2.24) is 9.97 Å². The van der Waals surface area contributed by atoms with Crippen molar-refractivity contribution in [2.24, 2.45) is 11.7 Å². The summed E-state index contributed by atoms with van der Waals surface area (Å²) in [5, 5.41) is 4.19. The molecule has 1 amide bonds. The molecule has 0 radical (unpaired) electrons. The minimum Gasteiger partial charge on any atom is -0.368 e. The van der Waals surface area contributed by atoms with Gasteiger partial charge in [0.2, 0.25) is 5.91 Å². The van der Waals surface area contributed by atoms with Gasteiger partial charge in [0.1, 0.15) is 23.0 Å². The van der Waals surface area contributed by atoms with Crippen molar-refractivity contribution in [2.45, 2.75) is 39.2 Å². The van der Waals surface area contributed by atoms with Crippen molar-refractivity contribution < 1.29 is 4.79 Å². The summed E-state index contributed by atoms with van der Waals surface area (Å²) in [4.78, 5) is 22.3. The third-order valence-electron chi connectivity index (χ3n) is 3.87. The van der Waals surface area contributed by atoms with Crippen LogP contribution < -0.4 is 11.1 Å². The van der Waals surface area contributed by atoms with E-state index < -0.39 is 6.04 Å². The first-order valence-corrected chi connectivity index (χ1v) is 7.69. The summed E-state index contributed by atoms with van der Waals surface area (Å²) in [5.74, 6) is 1.08. The number of thiophene rings is 1. The molecule has 20 heavy (non-hydrogen) atoms. The summed E-state index contributed by atoms with van der Waals surface area (Å²) in [6, 6.07) is -0.439. The summed E-state index contributed by atoms with van der Waals surface area (Å²) >= 11 is 1.75. The Kier molecular flexibility index (Phi) is 3.33. The molecule has 2 heterocycles. The van der Waals surface area contributed by atoms with Crippen molar-refractivity contribution in [3.63, 3.8) is 0 Å². The molecule has 1 aliphatic carbocycles. The zero-order chi connectivity index (χ0) is 14.3. The van der Waals surface area contributed by atoms with Crippen LogP contribution in [0.1, 0.15) is 30.7 Å². The molecule has 0 spiro atoms. The molecule has 0 aromatic carbocycles. The van der Waals surface area contributed by atoms with Crippen molar-refractivity contribution >= 4 is 33.3 Å². The van der Waals surface area contributed by atoms with Crippen LogP contribution in [0.3, 0.4) is 0 Å². The Morgan fingerprint density at radius 2 is 2.35 bits per heavy atom. The van der Waals surface area contributed by atoms with Crippen molar-refractivity contribution in [1.29, 1.82) is 0 Å². The third-order valence-corrected chi connectivity index (χ3v) is 5.03. The zero-order valence-electron chi connectivity index (χ0n) is 11.6. The van der Waals surface area contributed by atoms with Gasteiger partial charge in [0, 0.05) is 4.88 Å². The molecule has 3 N–H and O–H groups in total. The lowest BCUT2D eigenvalue weighted by Crippen LogP contribution is -2.32. The molecule has 3 rings (SSSR count). The van der Waals surface area contributed by atoms with Crippen molar-refractivity contribution in [2.75, 3.05) is 5.32 Å². The van der Waals surface area contributed by atoms with E-state index in [1.807, 2.05) is 0 Å². The molecule has 2 aromatic heterocycles. The number of carbonyl (C=O) groups is 1. The van der Waals surface area contributed by atoms with Gasteiger partial charge in [-0.05, 0) is 37.7 Å². The first kappa shape index (κ1) is 13.3. The topological polar surface area (TPSA) is 80.9 Å². The first-order chi connectivity index (χ1) is 9.56. The van der Waals surface area contributed by atoms with Crippen LogP contribution in [-0.4, -0.2) is 21.9 Å². The summed E-state index contributed by atoms with van der Waals surface area (Å²) in [5.41, 5.74) is 6.67. The number of aryl methyl sites for hydroxylation is 1. The van der Waals surface area contributed by atoms with Gasteiger partial charge in [-0.3, -0.25) is 4.79 Å². The normalized spacial score (nSPS) is 19.6. The van der Waals surface area contributed by atoms with Gasteiger partial charge >= 0.3 is 0 Å². The number of amides is 1. The molecular formula is C14H18N4OS. The van der Waals surface area contributed by atoms with E-state index >= 15 is 0 Å². The second-order valence-corrected chi connectivity index (χ2v) is 6.61. The minimum absolute atomic E-state index is 0.380. The Labute approximate surface area is 121 Å². The van der Waals surface area contributed by atoms with Crippen LogP contribution in [0, 0.1) is 5.92 Å². The van der Waals surface area contributed by atoms with Crippen LogP contribution in [-0.2, 0) is 17.6 Å². The van der Waals surface area contributed by atoms with E-state index in [4.69, 9.17) is 5.73 Å². The summed E-state index contributed by atoms with van der Waals surface area (Å²) < 4.78 is 0. The molecule has 2 aromatic rings. The van der Waals surface area contributed by atoms with Crippen LogP contribution in [0.5, 0.6) is 0 Å². The molecule has 0 aliphatic heterocycles.